The Balaban J connectivity index is 4.47. The predicted molar refractivity (Wildman–Crippen MR) is 51.2 cm³/mol. The highest BCUT2D eigenvalue weighted by Crippen LogP contribution is 1.97. The molecule has 0 bridgehead atoms. The number of alkyl carbamates (subject to hydrolysis) is 1. The van der Waals surface area contributed by atoms with Crippen LogP contribution in [0, 0.1) is 0 Å². The van der Waals surface area contributed by atoms with Crippen LogP contribution in [0.3, 0.4) is 0 Å². The lowest BCUT2D eigenvalue weighted by molar-refractivity contribution is -0.134. The molecule has 0 radical (unpaired) electrons. The number of rotatable bonds is 4. The summed E-state index contributed by atoms with van der Waals surface area (Å²) in [6.07, 6.45) is 0.653. The minimum atomic E-state index is -1.38. The molecule has 0 aliphatic heterocycles. The molecule has 0 unspecified atom stereocenters. The van der Waals surface area contributed by atoms with Gasteiger partial charge in [-0.15, -0.1) is 0 Å². The van der Waals surface area contributed by atoms with Gasteiger partial charge in [-0.05, 0) is 13.3 Å². The second-order valence-corrected chi connectivity index (χ2v) is 2.51. The van der Waals surface area contributed by atoms with Crippen molar-refractivity contribution in [1.29, 1.82) is 0 Å². The Bertz CT molecular complexity index is 295. The van der Waals surface area contributed by atoms with Crippen molar-refractivity contribution in [1.82, 2.24) is 5.32 Å². The molecule has 0 aromatic rings. The number of hydrogen-bond acceptors (Lipinski definition) is 4. The molecule has 0 heterocycles. The number of carboxylic acids is 1. The number of aliphatic carboxylic acids is 1. The van der Waals surface area contributed by atoms with Gasteiger partial charge in [0.2, 0.25) is 0 Å². The molecule has 6 heteroatoms. The largest absolute Gasteiger partial charge is 0.478 e. The molecule has 84 valence electrons. The Morgan fingerprint density at radius 1 is 1.33 bits per heavy atom. The molecule has 0 saturated heterocycles. The van der Waals surface area contributed by atoms with E-state index in [9.17, 15) is 14.4 Å². The molecular formula is C9H13NO5. The van der Waals surface area contributed by atoms with E-state index in [4.69, 9.17) is 5.11 Å². The highest BCUT2D eigenvalue weighted by atomic mass is 16.5. The average molecular weight is 215 g/mol. The Morgan fingerprint density at radius 2 is 1.93 bits per heavy atom. The van der Waals surface area contributed by atoms with E-state index in [1.54, 1.807) is 19.2 Å². The lowest BCUT2D eigenvalue weighted by Crippen LogP contribution is -2.34. The first-order valence-electron chi connectivity index (χ1n) is 4.44. The summed E-state index contributed by atoms with van der Waals surface area (Å²) in [7, 11) is 0. The van der Waals surface area contributed by atoms with Crippen molar-refractivity contribution < 1.29 is 24.2 Å². The van der Waals surface area contributed by atoms with Crippen LogP contribution in [0.5, 0.6) is 0 Å². The summed E-state index contributed by atoms with van der Waals surface area (Å²) >= 11 is 0. The van der Waals surface area contributed by atoms with E-state index in [0.717, 1.165) is 0 Å². The normalized spacial score (nSPS) is 10.7. The van der Waals surface area contributed by atoms with Gasteiger partial charge in [0.15, 0.2) is 0 Å². The third kappa shape index (κ3) is 4.80. The van der Waals surface area contributed by atoms with Gasteiger partial charge in [-0.1, -0.05) is 13.0 Å². The van der Waals surface area contributed by atoms with Crippen LogP contribution in [0.1, 0.15) is 20.3 Å². The molecular weight excluding hydrogens is 202 g/mol. The van der Waals surface area contributed by atoms with E-state index in [1.165, 1.54) is 6.08 Å². The zero-order chi connectivity index (χ0) is 11.8. The maximum atomic E-state index is 11.2. The highest BCUT2D eigenvalue weighted by Gasteiger charge is 2.19. The van der Waals surface area contributed by atoms with E-state index >= 15 is 0 Å². The van der Waals surface area contributed by atoms with Crippen LogP contribution >= 0.6 is 0 Å². The predicted octanol–water partition coefficient (Wildman–Crippen LogP) is 0.680. The van der Waals surface area contributed by atoms with Gasteiger partial charge in [-0.25, -0.2) is 9.59 Å². The van der Waals surface area contributed by atoms with Gasteiger partial charge in [-0.3, -0.25) is 10.1 Å². The molecule has 2 N–H and O–H groups in total. The standard InChI is InChI=1S/C9H13NO5/c1-3-5-6(8(12)13)7(11)10-9(14)15-4-2/h5H,3-4H2,1-2H3,(H,12,13)(H,10,11,14)/b6-5+. The average Bonchev–Trinajstić information content (AvgIpc) is 2.13. The van der Waals surface area contributed by atoms with Gasteiger partial charge < -0.3 is 9.84 Å². The van der Waals surface area contributed by atoms with Gasteiger partial charge in [0.05, 0.1) is 6.61 Å². The molecule has 0 saturated carbocycles. The number of nitrogens with one attached hydrogen (secondary N) is 1. The summed E-state index contributed by atoms with van der Waals surface area (Å²) in [4.78, 5) is 32.6. The highest BCUT2D eigenvalue weighted by molar-refractivity contribution is 6.18. The number of carbonyl (C=O) groups excluding carboxylic acids is 2. The molecule has 0 fully saturated rings. The summed E-state index contributed by atoms with van der Waals surface area (Å²) in [6.45, 7) is 3.36. The van der Waals surface area contributed by atoms with Gasteiger partial charge in [0.1, 0.15) is 5.57 Å². The first-order valence-corrected chi connectivity index (χ1v) is 4.44. The molecule has 0 atom stereocenters. The van der Waals surface area contributed by atoms with Crippen LogP contribution in [0.15, 0.2) is 11.6 Å². The molecule has 15 heavy (non-hydrogen) atoms. The maximum Gasteiger partial charge on any atom is 0.414 e. The molecule has 2 amide bonds. The molecule has 0 aromatic heterocycles. The second kappa shape index (κ2) is 6.58. The van der Waals surface area contributed by atoms with Crippen molar-refractivity contribution in [3.8, 4) is 0 Å². The fraction of sp³-hybridized carbons (Fsp3) is 0.444. The topological polar surface area (TPSA) is 92.7 Å². The van der Waals surface area contributed by atoms with Crippen LogP contribution in [0.2, 0.25) is 0 Å². The van der Waals surface area contributed by atoms with Crippen LogP contribution in [0.4, 0.5) is 4.79 Å². The zero-order valence-electron chi connectivity index (χ0n) is 8.57. The van der Waals surface area contributed by atoms with E-state index in [1.807, 2.05) is 0 Å². The third-order valence-electron chi connectivity index (χ3n) is 1.37. The second-order valence-electron chi connectivity index (χ2n) is 2.51. The van der Waals surface area contributed by atoms with Crippen LogP contribution in [0.25, 0.3) is 0 Å². The third-order valence-corrected chi connectivity index (χ3v) is 1.37. The molecule has 0 spiro atoms. The van der Waals surface area contributed by atoms with Gasteiger partial charge >= 0.3 is 12.1 Å². The van der Waals surface area contributed by atoms with E-state index < -0.39 is 23.5 Å². The molecule has 0 aliphatic carbocycles. The van der Waals surface area contributed by atoms with Gasteiger partial charge in [0.25, 0.3) is 5.91 Å². The number of carbonyl (C=O) groups is 3. The maximum absolute atomic E-state index is 11.2. The Hall–Kier alpha value is -1.85. The van der Waals surface area contributed by atoms with Crippen molar-refractivity contribution in [3.05, 3.63) is 11.6 Å². The number of hydrogen-bond donors (Lipinski definition) is 2. The minimum Gasteiger partial charge on any atom is -0.478 e. The summed E-state index contributed by atoms with van der Waals surface area (Å²) in [6, 6.07) is 0. The first kappa shape index (κ1) is 13.2. The fourth-order valence-electron chi connectivity index (χ4n) is 0.808. The van der Waals surface area contributed by atoms with Crippen LogP contribution in [-0.4, -0.2) is 29.7 Å². The SMILES string of the molecule is CC/C=C(/C(=O)O)C(=O)NC(=O)OCC. The van der Waals surface area contributed by atoms with Crippen molar-refractivity contribution in [2.75, 3.05) is 6.61 Å². The number of imide groups is 1. The summed E-state index contributed by atoms with van der Waals surface area (Å²) < 4.78 is 4.43. The number of carboxylic acid groups (broad SMARTS) is 1. The molecule has 0 rings (SSSR count). The Morgan fingerprint density at radius 3 is 2.33 bits per heavy atom. The number of allylic oxidation sites excluding steroid dienone is 1. The smallest absolute Gasteiger partial charge is 0.414 e. The monoisotopic (exact) mass is 215 g/mol. The molecule has 6 nitrogen and oxygen atoms in total. The zero-order valence-corrected chi connectivity index (χ0v) is 8.57. The van der Waals surface area contributed by atoms with Gasteiger partial charge in [-0.2, -0.15) is 0 Å². The van der Waals surface area contributed by atoms with E-state index in [0.29, 0.717) is 6.42 Å². The summed E-state index contributed by atoms with van der Waals surface area (Å²) in [5, 5.41) is 10.4. The number of ether oxygens (including phenoxy) is 1. The Kier molecular flexibility index (Phi) is 5.77. The van der Waals surface area contributed by atoms with Crippen LogP contribution in [-0.2, 0) is 14.3 Å². The molecule has 0 aromatic carbocycles. The summed E-state index contributed by atoms with van der Waals surface area (Å²) in [5.74, 6) is -2.35. The lowest BCUT2D eigenvalue weighted by atomic mass is 10.2. The van der Waals surface area contributed by atoms with Crippen molar-refractivity contribution in [2.45, 2.75) is 20.3 Å². The number of amides is 2. The fourth-order valence-corrected chi connectivity index (χ4v) is 0.808. The van der Waals surface area contributed by atoms with Gasteiger partial charge in [0, 0.05) is 0 Å². The van der Waals surface area contributed by atoms with E-state index in [2.05, 4.69) is 4.74 Å². The van der Waals surface area contributed by atoms with Crippen molar-refractivity contribution in [2.24, 2.45) is 0 Å². The van der Waals surface area contributed by atoms with E-state index in [-0.39, 0.29) is 6.61 Å². The lowest BCUT2D eigenvalue weighted by Gasteiger charge is -2.04. The summed E-state index contributed by atoms with van der Waals surface area (Å²) in [5.41, 5.74) is -0.467. The molecule has 0 aliphatic rings. The van der Waals surface area contributed by atoms with Crippen LogP contribution < -0.4 is 5.32 Å². The minimum absolute atomic E-state index is 0.110. The van der Waals surface area contributed by atoms with Crippen molar-refractivity contribution in [3.63, 3.8) is 0 Å². The Labute approximate surface area is 86.9 Å². The first-order chi connectivity index (χ1) is 7.02. The van der Waals surface area contributed by atoms with Crippen molar-refractivity contribution >= 4 is 18.0 Å². The quantitative estimate of drug-likeness (QED) is 0.408.